The van der Waals surface area contributed by atoms with Crippen LogP contribution in [-0.4, -0.2) is 23.1 Å². The SMILES string of the molecule is CCc1ccc(NC(=O)C(=O)N/N=C/c2c(O)ccc3ccccc23)cc1. The molecule has 3 N–H and O–H groups in total. The lowest BCUT2D eigenvalue weighted by Gasteiger charge is -2.06. The summed E-state index contributed by atoms with van der Waals surface area (Å²) in [7, 11) is 0. The van der Waals surface area contributed by atoms with Gasteiger partial charge in [-0.05, 0) is 41.0 Å². The van der Waals surface area contributed by atoms with Crippen molar-refractivity contribution in [2.75, 3.05) is 5.32 Å². The van der Waals surface area contributed by atoms with Crippen LogP contribution in [0.3, 0.4) is 0 Å². The standard InChI is InChI=1S/C21H19N3O3/c1-2-14-7-10-16(11-8-14)23-20(26)21(27)24-22-13-18-17-6-4-3-5-15(17)9-12-19(18)25/h3-13,25H,2H2,1H3,(H,23,26)(H,24,27)/b22-13+. The third-order valence-corrected chi connectivity index (χ3v) is 4.13. The van der Waals surface area contributed by atoms with Crippen molar-refractivity contribution in [2.24, 2.45) is 5.10 Å². The summed E-state index contributed by atoms with van der Waals surface area (Å²) in [5.41, 5.74) is 4.30. The molecule has 0 aliphatic carbocycles. The Morgan fingerprint density at radius 2 is 1.74 bits per heavy atom. The van der Waals surface area contributed by atoms with Gasteiger partial charge in [0, 0.05) is 11.3 Å². The van der Waals surface area contributed by atoms with Crippen LogP contribution in [0.15, 0.2) is 65.8 Å². The zero-order valence-electron chi connectivity index (χ0n) is 14.8. The van der Waals surface area contributed by atoms with E-state index in [9.17, 15) is 14.7 Å². The Morgan fingerprint density at radius 1 is 1.00 bits per heavy atom. The number of aromatic hydroxyl groups is 1. The highest BCUT2D eigenvalue weighted by molar-refractivity contribution is 6.39. The lowest BCUT2D eigenvalue weighted by atomic mass is 10.0. The van der Waals surface area contributed by atoms with E-state index in [4.69, 9.17) is 0 Å². The molecular formula is C21H19N3O3. The molecule has 0 bridgehead atoms. The molecule has 6 nitrogen and oxygen atoms in total. The number of phenols is 1. The first-order chi connectivity index (χ1) is 13.1. The van der Waals surface area contributed by atoms with E-state index < -0.39 is 11.8 Å². The van der Waals surface area contributed by atoms with E-state index in [1.165, 1.54) is 6.21 Å². The van der Waals surface area contributed by atoms with Crippen LogP contribution in [0.5, 0.6) is 5.75 Å². The van der Waals surface area contributed by atoms with Gasteiger partial charge in [0.1, 0.15) is 5.75 Å². The molecule has 0 heterocycles. The summed E-state index contributed by atoms with van der Waals surface area (Å²) in [5.74, 6) is -1.68. The van der Waals surface area contributed by atoms with Crippen molar-refractivity contribution < 1.29 is 14.7 Å². The van der Waals surface area contributed by atoms with Crippen LogP contribution >= 0.6 is 0 Å². The molecule has 0 radical (unpaired) electrons. The number of carbonyl (C=O) groups is 2. The average Bonchev–Trinajstić information content (AvgIpc) is 2.70. The summed E-state index contributed by atoms with van der Waals surface area (Å²) >= 11 is 0. The monoisotopic (exact) mass is 361 g/mol. The van der Waals surface area contributed by atoms with E-state index in [1.807, 2.05) is 43.3 Å². The maximum Gasteiger partial charge on any atom is 0.329 e. The largest absolute Gasteiger partial charge is 0.507 e. The maximum atomic E-state index is 11.9. The van der Waals surface area contributed by atoms with Crippen LogP contribution in [0.2, 0.25) is 0 Å². The molecule has 0 aromatic heterocycles. The van der Waals surface area contributed by atoms with E-state index in [2.05, 4.69) is 15.8 Å². The van der Waals surface area contributed by atoms with Gasteiger partial charge in [-0.2, -0.15) is 5.10 Å². The number of aryl methyl sites for hydroxylation is 1. The molecule has 2 amide bonds. The molecule has 3 rings (SSSR count). The Labute approximate surface area is 156 Å². The fourth-order valence-electron chi connectivity index (χ4n) is 2.64. The first-order valence-electron chi connectivity index (χ1n) is 8.52. The van der Waals surface area contributed by atoms with Crippen molar-refractivity contribution in [2.45, 2.75) is 13.3 Å². The van der Waals surface area contributed by atoms with Crippen LogP contribution in [-0.2, 0) is 16.0 Å². The molecule has 136 valence electrons. The van der Waals surface area contributed by atoms with Gasteiger partial charge in [-0.15, -0.1) is 0 Å². The van der Waals surface area contributed by atoms with Crippen LogP contribution in [0, 0.1) is 0 Å². The normalized spacial score (nSPS) is 10.9. The fourth-order valence-corrected chi connectivity index (χ4v) is 2.64. The number of fused-ring (bicyclic) bond motifs is 1. The lowest BCUT2D eigenvalue weighted by Crippen LogP contribution is -2.32. The molecule has 0 fully saturated rings. The van der Waals surface area contributed by atoms with Crippen LogP contribution < -0.4 is 10.7 Å². The minimum atomic E-state index is -0.898. The van der Waals surface area contributed by atoms with Crippen molar-refractivity contribution in [3.8, 4) is 5.75 Å². The topological polar surface area (TPSA) is 90.8 Å². The van der Waals surface area contributed by atoms with Crippen LogP contribution in [0.4, 0.5) is 5.69 Å². The number of anilines is 1. The molecule has 0 unspecified atom stereocenters. The molecule has 3 aromatic carbocycles. The third-order valence-electron chi connectivity index (χ3n) is 4.13. The minimum absolute atomic E-state index is 0.0344. The second-order valence-corrected chi connectivity index (χ2v) is 5.92. The van der Waals surface area contributed by atoms with Gasteiger partial charge in [-0.25, -0.2) is 5.43 Å². The number of carbonyl (C=O) groups excluding carboxylic acids is 2. The third kappa shape index (κ3) is 4.30. The second-order valence-electron chi connectivity index (χ2n) is 5.92. The van der Waals surface area contributed by atoms with Crippen molar-refractivity contribution >= 4 is 34.5 Å². The summed E-state index contributed by atoms with van der Waals surface area (Å²) in [4.78, 5) is 23.9. The van der Waals surface area contributed by atoms with Crippen molar-refractivity contribution in [1.29, 1.82) is 0 Å². The highest BCUT2D eigenvalue weighted by Gasteiger charge is 2.13. The van der Waals surface area contributed by atoms with Gasteiger partial charge >= 0.3 is 11.8 Å². The summed E-state index contributed by atoms with van der Waals surface area (Å²) in [6, 6.07) is 18.1. The number of nitrogens with zero attached hydrogens (tertiary/aromatic N) is 1. The van der Waals surface area contributed by atoms with E-state index in [0.29, 0.717) is 11.3 Å². The highest BCUT2D eigenvalue weighted by atomic mass is 16.3. The fraction of sp³-hybridized carbons (Fsp3) is 0.0952. The van der Waals surface area contributed by atoms with Crippen molar-refractivity contribution in [3.05, 3.63) is 71.8 Å². The predicted octanol–water partition coefficient (Wildman–Crippen LogP) is 3.20. The number of phenolic OH excluding ortho intramolecular Hbond substituents is 1. The molecule has 0 aliphatic heterocycles. The Kier molecular flexibility index (Phi) is 5.47. The highest BCUT2D eigenvalue weighted by Crippen LogP contribution is 2.25. The summed E-state index contributed by atoms with van der Waals surface area (Å²) in [6.45, 7) is 2.03. The van der Waals surface area contributed by atoms with E-state index in [1.54, 1.807) is 24.3 Å². The summed E-state index contributed by atoms with van der Waals surface area (Å²) < 4.78 is 0. The Hall–Kier alpha value is -3.67. The number of rotatable bonds is 4. The Balaban J connectivity index is 1.66. The minimum Gasteiger partial charge on any atom is -0.507 e. The van der Waals surface area contributed by atoms with Gasteiger partial charge < -0.3 is 10.4 Å². The molecule has 3 aromatic rings. The number of hydrazone groups is 1. The lowest BCUT2D eigenvalue weighted by molar-refractivity contribution is -0.136. The van der Waals surface area contributed by atoms with Crippen LogP contribution in [0.25, 0.3) is 10.8 Å². The first kappa shape index (κ1) is 18.1. The predicted molar refractivity (Wildman–Crippen MR) is 106 cm³/mol. The number of nitrogens with one attached hydrogen (secondary N) is 2. The smallest absolute Gasteiger partial charge is 0.329 e. The van der Waals surface area contributed by atoms with Crippen molar-refractivity contribution in [3.63, 3.8) is 0 Å². The number of hydrogen-bond acceptors (Lipinski definition) is 4. The molecule has 0 saturated heterocycles. The Morgan fingerprint density at radius 3 is 2.48 bits per heavy atom. The Bertz CT molecular complexity index is 1010. The van der Waals surface area contributed by atoms with Gasteiger partial charge in [0.2, 0.25) is 0 Å². The zero-order chi connectivity index (χ0) is 19.2. The second kappa shape index (κ2) is 8.14. The summed E-state index contributed by atoms with van der Waals surface area (Å²) in [5, 5.41) is 18.1. The van der Waals surface area contributed by atoms with E-state index >= 15 is 0 Å². The van der Waals surface area contributed by atoms with Crippen molar-refractivity contribution in [1.82, 2.24) is 5.43 Å². The zero-order valence-corrected chi connectivity index (χ0v) is 14.8. The number of amides is 2. The molecule has 0 saturated carbocycles. The molecular weight excluding hydrogens is 342 g/mol. The molecule has 0 atom stereocenters. The van der Waals surface area contributed by atoms with Crippen LogP contribution in [0.1, 0.15) is 18.1 Å². The summed E-state index contributed by atoms with van der Waals surface area (Å²) in [6.07, 6.45) is 2.21. The maximum absolute atomic E-state index is 11.9. The number of hydrogen-bond donors (Lipinski definition) is 3. The molecule has 0 spiro atoms. The number of benzene rings is 3. The van der Waals surface area contributed by atoms with E-state index in [-0.39, 0.29) is 5.75 Å². The van der Waals surface area contributed by atoms with Gasteiger partial charge in [-0.3, -0.25) is 9.59 Å². The van der Waals surface area contributed by atoms with Gasteiger partial charge in [-0.1, -0.05) is 49.4 Å². The molecule has 6 heteroatoms. The quantitative estimate of drug-likeness (QED) is 0.379. The molecule has 27 heavy (non-hydrogen) atoms. The van der Waals surface area contributed by atoms with Gasteiger partial charge in [0.05, 0.1) is 6.21 Å². The van der Waals surface area contributed by atoms with Gasteiger partial charge in [0.25, 0.3) is 0 Å². The first-order valence-corrected chi connectivity index (χ1v) is 8.52. The van der Waals surface area contributed by atoms with Gasteiger partial charge in [0.15, 0.2) is 0 Å². The van der Waals surface area contributed by atoms with E-state index in [0.717, 1.165) is 22.8 Å². The molecule has 0 aliphatic rings. The average molecular weight is 361 g/mol.